The molecule has 2 heterocycles. The number of hydrogen-bond donors (Lipinski definition) is 0. The molecule has 2 aliphatic heterocycles. The SMILES string of the molecule is Cc1cc2c(c3ccccc13)N(c1ccccc1)c1cc(OC(F)(F)F)cc3c1B2c1cc(C)c2ccccc2c1N3c1ccccc1. The number of anilines is 6. The van der Waals surface area contributed by atoms with Gasteiger partial charge in [0, 0.05) is 57.0 Å². The molecular formula is C41H28BF3N2O. The molecule has 0 N–H and O–H groups in total. The Balaban J connectivity index is 1.49. The summed E-state index contributed by atoms with van der Waals surface area (Å²) < 4.78 is 47.0. The zero-order chi connectivity index (χ0) is 32.7. The van der Waals surface area contributed by atoms with Gasteiger partial charge in [0.15, 0.2) is 0 Å². The van der Waals surface area contributed by atoms with Crippen molar-refractivity contribution in [1.82, 2.24) is 0 Å². The van der Waals surface area contributed by atoms with E-state index in [1.54, 1.807) is 12.1 Å². The van der Waals surface area contributed by atoms with E-state index in [0.29, 0.717) is 11.4 Å². The molecule has 0 aromatic heterocycles. The van der Waals surface area contributed by atoms with Crippen LogP contribution in [0.1, 0.15) is 11.1 Å². The second-order valence-electron chi connectivity index (χ2n) is 12.6. The molecule has 232 valence electrons. The Kier molecular flexibility index (Phi) is 6.19. The van der Waals surface area contributed by atoms with Crippen LogP contribution in [0.5, 0.6) is 5.75 Å². The molecule has 7 aromatic carbocycles. The Morgan fingerprint density at radius 2 is 0.917 bits per heavy atom. The van der Waals surface area contributed by atoms with E-state index in [9.17, 15) is 13.2 Å². The lowest BCUT2D eigenvalue weighted by Gasteiger charge is -2.45. The third-order valence-corrected chi connectivity index (χ3v) is 9.72. The van der Waals surface area contributed by atoms with Crippen LogP contribution in [0.2, 0.25) is 0 Å². The normalized spacial score (nSPS) is 13.4. The van der Waals surface area contributed by atoms with Gasteiger partial charge in [-0.1, -0.05) is 97.1 Å². The van der Waals surface area contributed by atoms with Gasteiger partial charge in [-0.25, -0.2) is 0 Å². The van der Waals surface area contributed by atoms with Crippen molar-refractivity contribution >= 4 is 78.8 Å². The van der Waals surface area contributed by atoms with E-state index in [1.807, 2.05) is 84.9 Å². The smallest absolute Gasteiger partial charge is 0.406 e. The van der Waals surface area contributed by atoms with Crippen molar-refractivity contribution in [3.63, 3.8) is 0 Å². The van der Waals surface area contributed by atoms with Gasteiger partial charge in [-0.3, -0.25) is 0 Å². The Labute approximate surface area is 276 Å². The van der Waals surface area contributed by atoms with Crippen molar-refractivity contribution in [2.75, 3.05) is 9.80 Å². The minimum atomic E-state index is -4.87. The summed E-state index contributed by atoms with van der Waals surface area (Å²) in [6, 6.07) is 44.0. The molecule has 0 saturated carbocycles. The van der Waals surface area contributed by atoms with Gasteiger partial charge in [-0.15, -0.1) is 13.2 Å². The molecule has 0 bridgehead atoms. The Hall–Kier alpha value is -5.69. The minimum Gasteiger partial charge on any atom is -0.406 e. The fourth-order valence-electron chi connectivity index (χ4n) is 7.94. The average molecular weight is 632 g/mol. The first-order chi connectivity index (χ1) is 23.3. The van der Waals surface area contributed by atoms with E-state index in [2.05, 4.69) is 60.0 Å². The molecule has 0 fully saturated rings. The van der Waals surface area contributed by atoms with Crippen LogP contribution in [0.4, 0.5) is 47.3 Å². The van der Waals surface area contributed by atoms with Gasteiger partial charge < -0.3 is 14.5 Å². The highest BCUT2D eigenvalue weighted by atomic mass is 19.4. The van der Waals surface area contributed by atoms with Crippen LogP contribution in [-0.2, 0) is 0 Å². The van der Waals surface area contributed by atoms with Crippen molar-refractivity contribution in [3.05, 3.63) is 145 Å². The van der Waals surface area contributed by atoms with Crippen LogP contribution < -0.4 is 30.9 Å². The van der Waals surface area contributed by atoms with Gasteiger partial charge in [0.2, 0.25) is 0 Å². The molecule has 0 spiro atoms. The number of fused-ring (bicyclic) bond motifs is 8. The molecule has 0 atom stereocenters. The van der Waals surface area contributed by atoms with Gasteiger partial charge in [0.25, 0.3) is 6.71 Å². The zero-order valence-corrected chi connectivity index (χ0v) is 26.2. The van der Waals surface area contributed by atoms with E-state index < -0.39 is 6.36 Å². The van der Waals surface area contributed by atoms with Crippen molar-refractivity contribution < 1.29 is 17.9 Å². The van der Waals surface area contributed by atoms with E-state index in [4.69, 9.17) is 4.74 Å². The van der Waals surface area contributed by atoms with Gasteiger partial charge in [0.1, 0.15) is 5.75 Å². The third kappa shape index (κ3) is 4.23. The quantitative estimate of drug-likeness (QED) is 0.181. The minimum absolute atomic E-state index is 0.258. The maximum absolute atomic E-state index is 14.1. The van der Waals surface area contributed by atoms with Gasteiger partial charge in [-0.05, 0) is 76.4 Å². The highest BCUT2D eigenvalue weighted by Gasteiger charge is 2.46. The number of benzene rings is 7. The number of para-hydroxylation sites is 2. The largest absolute Gasteiger partial charge is 0.573 e. The molecule has 0 saturated heterocycles. The van der Waals surface area contributed by atoms with E-state index >= 15 is 0 Å². The van der Waals surface area contributed by atoms with Crippen molar-refractivity contribution in [1.29, 1.82) is 0 Å². The zero-order valence-electron chi connectivity index (χ0n) is 26.2. The summed E-state index contributed by atoms with van der Waals surface area (Å²) in [5, 5.41) is 4.27. The molecule has 48 heavy (non-hydrogen) atoms. The monoisotopic (exact) mass is 632 g/mol. The topological polar surface area (TPSA) is 15.7 Å². The van der Waals surface area contributed by atoms with Crippen molar-refractivity contribution in [3.8, 4) is 5.75 Å². The van der Waals surface area contributed by atoms with Crippen LogP contribution in [0.3, 0.4) is 0 Å². The van der Waals surface area contributed by atoms with Gasteiger partial charge in [-0.2, -0.15) is 0 Å². The summed E-state index contributed by atoms with van der Waals surface area (Å²) in [6.07, 6.45) is -4.87. The highest BCUT2D eigenvalue weighted by Crippen LogP contribution is 2.49. The predicted molar refractivity (Wildman–Crippen MR) is 192 cm³/mol. The molecule has 0 unspecified atom stereocenters. The fourth-order valence-corrected chi connectivity index (χ4v) is 7.94. The van der Waals surface area contributed by atoms with E-state index in [1.165, 1.54) is 0 Å². The predicted octanol–water partition coefficient (Wildman–Crippen LogP) is 9.59. The van der Waals surface area contributed by atoms with Crippen LogP contribution >= 0.6 is 0 Å². The van der Waals surface area contributed by atoms with Gasteiger partial charge in [0.05, 0.1) is 0 Å². The first kappa shape index (κ1) is 28.5. The highest BCUT2D eigenvalue weighted by molar-refractivity contribution is 7.00. The molecule has 0 aliphatic carbocycles. The van der Waals surface area contributed by atoms with Gasteiger partial charge >= 0.3 is 6.36 Å². The molecule has 0 amide bonds. The summed E-state index contributed by atoms with van der Waals surface area (Å²) >= 11 is 0. The Morgan fingerprint density at radius 1 is 0.521 bits per heavy atom. The molecule has 3 nitrogen and oxygen atoms in total. The van der Waals surface area contributed by atoms with E-state index in [0.717, 1.165) is 71.8 Å². The Morgan fingerprint density at radius 3 is 1.33 bits per heavy atom. The second kappa shape index (κ2) is 10.4. The van der Waals surface area contributed by atoms with Crippen molar-refractivity contribution in [2.24, 2.45) is 0 Å². The molecule has 7 heteroatoms. The average Bonchev–Trinajstić information content (AvgIpc) is 3.09. The maximum Gasteiger partial charge on any atom is 0.573 e. The number of hydrogen-bond acceptors (Lipinski definition) is 3. The van der Waals surface area contributed by atoms with E-state index in [-0.39, 0.29) is 12.5 Å². The van der Waals surface area contributed by atoms with Crippen LogP contribution in [-0.4, -0.2) is 13.1 Å². The summed E-state index contributed by atoms with van der Waals surface area (Å²) in [5.41, 5.74) is 10.4. The number of halogens is 3. The number of nitrogens with zero attached hydrogens (tertiary/aromatic N) is 2. The lowest BCUT2D eigenvalue weighted by molar-refractivity contribution is -0.274. The van der Waals surface area contributed by atoms with Crippen molar-refractivity contribution in [2.45, 2.75) is 20.2 Å². The van der Waals surface area contributed by atoms with Crippen LogP contribution in [0.25, 0.3) is 21.5 Å². The Bertz CT molecular complexity index is 2250. The third-order valence-electron chi connectivity index (χ3n) is 9.72. The summed E-state index contributed by atoms with van der Waals surface area (Å²) in [7, 11) is 0. The van der Waals surface area contributed by atoms with Crippen LogP contribution in [0.15, 0.2) is 133 Å². The molecule has 2 aliphatic rings. The molecular weight excluding hydrogens is 604 g/mol. The number of aryl methyl sites for hydroxylation is 2. The lowest BCUT2D eigenvalue weighted by Crippen LogP contribution is -2.61. The summed E-state index contributed by atoms with van der Waals surface area (Å²) in [5.74, 6) is -0.267. The maximum atomic E-state index is 14.1. The molecule has 9 rings (SSSR count). The lowest BCUT2D eigenvalue weighted by atomic mass is 9.33. The second-order valence-corrected chi connectivity index (χ2v) is 12.6. The number of rotatable bonds is 3. The first-order valence-corrected chi connectivity index (χ1v) is 16.0. The summed E-state index contributed by atoms with van der Waals surface area (Å²) in [4.78, 5) is 4.25. The summed E-state index contributed by atoms with van der Waals surface area (Å²) in [6.45, 7) is 4.02. The number of alkyl halides is 3. The standard InChI is InChI=1S/C41H28BF3N2O/c1-25-21-34-39(32-19-11-9-17-30(25)32)46(27-13-5-3-6-14-27)36-23-29(48-41(43,44)45)24-37-38(36)42(34)35-22-26(2)31-18-10-12-20-33(31)40(35)47(37)28-15-7-4-8-16-28/h3-24H,1-2H3. The number of ether oxygens (including phenoxy) is 1. The molecule has 0 radical (unpaired) electrons. The van der Waals surface area contributed by atoms with Crippen LogP contribution in [0, 0.1) is 13.8 Å². The first-order valence-electron chi connectivity index (χ1n) is 16.0. The fraction of sp³-hybridized carbons (Fsp3) is 0.0732. The molecule has 7 aromatic rings.